The lowest BCUT2D eigenvalue weighted by Crippen LogP contribution is -2.33. The van der Waals surface area contributed by atoms with Gasteiger partial charge >= 0.3 is 0 Å². The molecule has 0 radical (unpaired) electrons. The summed E-state index contributed by atoms with van der Waals surface area (Å²) in [7, 11) is 1.69. The van der Waals surface area contributed by atoms with Crippen LogP contribution in [0.15, 0.2) is 65.2 Å². The molecule has 7 heteroatoms. The van der Waals surface area contributed by atoms with Crippen LogP contribution in [0.2, 0.25) is 5.02 Å². The van der Waals surface area contributed by atoms with Gasteiger partial charge in [0.25, 0.3) is 0 Å². The van der Waals surface area contributed by atoms with Crippen molar-refractivity contribution in [2.45, 2.75) is 31.6 Å². The number of rotatable bonds is 8. The fourth-order valence-corrected chi connectivity index (χ4v) is 5.05. The highest BCUT2D eigenvalue weighted by atomic mass is 35.5. The molecule has 5 nitrogen and oxygen atoms in total. The normalized spacial score (nSPS) is 14.4. The zero-order chi connectivity index (χ0) is 24.2. The van der Waals surface area contributed by atoms with Gasteiger partial charge in [-0.05, 0) is 67.6 Å². The lowest BCUT2D eigenvalue weighted by atomic mass is 9.91. The molecule has 5 rings (SSSR count). The molecule has 0 spiro atoms. The number of fused-ring (bicyclic) bond motifs is 1. The maximum Gasteiger partial charge on any atom is 0.184 e. The fraction of sp³-hybridized carbons (Fsp3) is 0.321. The Hall–Kier alpha value is -3.25. The Morgan fingerprint density at radius 1 is 1.09 bits per heavy atom. The molecular formula is C28H28ClFN2O3. The maximum absolute atomic E-state index is 13.5. The van der Waals surface area contributed by atoms with Crippen molar-refractivity contribution in [2.75, 3.05) is 31.7 Å². The predicted octanol–water partition coefficient (Wildman–Crippen LogP) is 7.02. The van der Waals surface area contributed by atoms with Crippen molar-refractivity contribution in [1.82, 2.24) is 5.16 Å². The number of aromatic nitrogens is 1. The van der Waals surface area contributed by atoms with Gasteiger partial charge in [0.1, 0.15) is 5.82 Å². The lowest BCUT2D eigenvalue weighted by Gasteiger charge is -2.34. The third kappa shape index (κ3) is 5.22. The van der Waals surface area contributed by atoms with Crippen molar-refractivity contribution in [3.8, 4) is 11.5 Å². The van der Waals surface area contributed by atoms with E-state index in [0.717, 1.165) is 72.1 Å². The van der Waals surface area contributed by atoms with Crippen molar-refractivity contribution in [1.29, 1.82) is 0 Å². The van der Waals surface area contributed by atoms with Crippen molar-refractivity contribution < 1.29 is 18.4 Å². The van der Waals surface area contributed by atoms with E-state index in [1.807, 2.05) is 30.3 Å². The number of anilines is 1. The molecule has 2 heterocycles. The first-order chi connectivity index (χ1) is 17.1. The van der Waals surface area contributed by atoms with Gasteiger partial charge in [-0.25, -0.2) is 4.39 Å². The smallest absolute Gasteiger partial charge is 0.184 e. The quantitative estimate of drug-likeness (QED) is 0.246. The molecule has 3 aromatic carbocycles. The number of hydrogen-bond donors (Lipinski definition) is 0. The van der Waals surface area contributed by atoms with E-state index in [1.54, 1.807) is 13.2 Å². The van der Waals surface area contributed by atoms with Crippen molar-refractivity contribution in [3.63, 3.8) is 0 Å². The molecule has 0 N–H and O–H groups in total. The van der Waals surface area contributed by atoms with E-state index in [9.17, 15) is 4.39 Å². The maximum atomic E-state index is 13.5. The standard InChI is InChI=1S/C28H28ClFN2O3/c1-33-28-24(8-3-9-25(28)34-16-4-6-19-5-2-7-21(29)17-19)32-14-12-20(13-15-32)27-23-11-10-22(30)18-26(23)35-31-27/h2-3,5,7-11,17-18,20H,4,6,12-16H2,1H3. The molecule has 0 bridgehead atoms. The number of halogens is 2. The van der Waals surface area contributed by atoms with Crippen LogP contribution in [0.4, 0.5) is 10.1 Å². The Morgan fingerprint density at radius 3 is 2.71 bits per heavy atom. The second-order valence-corrected chi connectivity index (χ2v) is 9.30. The van der Waals surface area contributed by atoms with Crippen LogP contribution in [-0.4, -0.2) is 32.0 Å². The highest BCUT2D eigenvalue weighted by Gasteiger charge is 2.27. The molecule has 1 saturated heterocycles. The molecule has 0 aliphatic carbocycles. The number of piperidine rings is 1. The number of benzene rings is 3. The zero-order valence-corrected chi connectivity index (χ0v) is 20.4. The number of aryl methyl sites for hydroxylation is 1. The first kappa shape index (κ1) is 23.5. The van der Waals surface area contributed by atoms with Gasteiger partial charge in [0.05, 0.1) is 25.1 Å². The fourth-order valence-electron chi connectivity index (χ4n) is 4.84. The van der Waals surface area contributed by atoms with Crippen molar-refractivity contribution in [3.05, 3.63) is 82.8 Å². The van der Waals surface area contributed by atoms with Crippen LogP contribution < -0.4 is 14.4 Å². The van der Waals surface area contributed by atoms with E-state index in [-0.39, 0.29) is 11.7 Å². The SMILES string of the molecule is COc1c(OCCCc2cccc(Cl)c2)cccc1N1CCC(c2noc3cc(F)ccc23)CC1. The largest absolute Gasteiger partial charge is 0.491 e. The molecule has 1 aromatic heterocycles. The molecule has 182 valence electrons. The van der Waals surface area contributed by atoms with Crippen LogP contribution in [0.1, 0.15) is 36.4 Å². The zero-order valence-electron chi connectivity index (χ0n) is 19.7. The summed E-state index contributed by atoms with van der Waals surface area (Å²) in [5.41, 5.74) is 3.66. The lowest BCUT2D eigenvalue weighted by molar-refractivity contribution is 0.289. The van der Waals surface area contributed by atoms with E-state index < -0.39 is 0 Å². The topological polar surface area (TPSA) is 47.7 Å². The summed E-state index contributed by atoms with van der Waals surface area (Å²) in [5.74, 6) is 1.47. The minimum Gasteiger partial charge on any atom is -0.491 e. The summed E-state index contributed by atoms with van der Waals surface area (Å²) in [6.07, 6.45) is 3.63. The van der Waals surface area contributed by atoms with E-state index in [0.29, 0.717) is 12.2 Å². The van der Waals surface area contributed by atoms with Gasteiger partial charge in [-0.3, -0.25) is 0 Å². The third-order valence-electron chi connectivity index (χ3n) is 6.60. The van der Waals surface area contributed by atoms with Gasteiger partial charge in [0.15, 0.2) is 17.1 Å². The summed E-state index contributed by atoms with van der Waals surface area (Å²) in [4.78, 5) is 2.33. The molecule has 4 aromatic rings. The van der Waals surface area contributed by atoms with Gasteiger partial charge in [0, 0.05) is 35.5 Å². The van der Waals surface area contributed by atoms with Gasteiger partial charge < -0.3 is 18.9 Å². The van der Waals surface area contributed by atoms with Gasteiger partial charge in [0.2, 0.25) is 0 Å². The number of para-hydroxylation sites is 1. The number of nitrogens with zero attached hydrogens (tertiary/aromatic N) is 2. The monoisotopic (exact) mass is 494 g/mol. The van der Waals surface area contributed by atoms with Crippen molar-refractivity contribution >= 4 is 28.3 Å². The highest BCUT2D eigenvalue weighted by molar-refractivity contribution is 6.30. The first-order valence-corrected chi connectivity index (χ1v) is 12.3. The van der Waals surface area contributed by atoms with E-state index in [2.05, 4.69) is 22.2 Å². The van der Waals surface area contributed by atoms with Crippen LogP contribution in [-0.2, 0) is 6.42 Å². The van der Waals surface area contributed by atoms with E-state index in [1.165, 1.54) is 17.7 Å². The summed E-state index contributed by atoms with van der Waals surface area (Å²) >= 11 is 6.08. The Balaban J connectivity index is 1.22. The molecule has 0 amide bonds. The number of methoxy groups -OCH3 is 1. The Labute approximate surface area is 209 Å². The Kier molecular flexibility index (Phi) is 7.09. The van der Waals surface area contributed by atoms with Gasteiger partial charge in [-0.2, -0.15) is 0 Å². The van der Waals surface area contributed by atoms with E-state index in [4.69, 9.17) is 25.6 Å². The van der Waals surface area contributed by atoms with Crippen molar-refractivity contribution in [2.24, 2.45) is 0 Å². The third-order valence-corrected chi connectivity index (χ3v) is 6.84. The summed E-state index contributed by atoms with van der Waals surface area (Å²) in [6, 6.07) is 18.6. The molecule has 1 aliphatic rings. The summed E-state index contributed by atoms with van der Waals surface area (Å²) in [5, 5.41) is 5.92. The average Bonchev–Trinajstić information content (AvgIpc) is 3.29. The predicted molar refractivity (Wildman–Crippen MR) is 136 cm³/mol. The number of ether oxygens (including phenoxy) is 2. The van der Waals surface area contributed by atoms with Crippen LogP contribution in [0.5, 0.6) is 11.5 Å². The van der Waals surface area contributed by atoms with Crippen LogP contribution in [0, 0.1) is 5.82 Å². The number of hydrogen-bond acceptors (Lipinski definition) is 5. The average molecular weight is 495 g/mol. The minimum absolute atomic E-state index is 0.273. The van der Waals surface area contributed by atoms with Crippen LogP contribution in [0.3, 0.4) is 0 Å². The Morgan fingerprint density at radius 2 is 1.91 bits per heavy atom. The molecule has 0 unspecified atom stereocenters. The summed E-state index contributed by atoms with van der Waals surface area (Å²) in [6.45, 7) is 2.30. The van der Waals surface area contributed by atoms with Crippen LogP contribution >= 0.6 is 11.6 Å². The molecule has 1 fully saturated rings. The molecule has 1 aliphatic heterocycles. The van der Waals surface area contributed by atoms with Gasteiger partial charge in [-0.1, -0.05) is 35.0 Å². The van der Waals surface area contributed by atoms with E-state index >= 15 is 0 Å². The molecule has 0 atom stereocenters. The summed E-state index contributed by atoms with van der Waals surface area (Å²) < 4.78 is 30.8. The first-order valence-electron chi connectivity index (χ1n) is 12.0. The van der Waals surface area contributed by atoms with Crippen LogP contribution in [0.25, 0.3) is 11.0 Å². The molecular weight excluding hydrogens is 467 g/mol. The minimum atomic E-state index is -0.311. The van der Waals surface area contributed by atoms with Gasteiger partial charge in [-0.15, -0.1) is 0 Å². The highest BCUT2D eigenvalue weighted by Crippen LogP contribution is 2.41. The second kappa shape index (κ2) is 10.6. The molecule has 35 heavy (non-hydrogen) atoms. The molecule has 0 saturated carbocycles. The Bertz CT molecular complexity index is 1300. The second-order valence-electron chi connectivity index (χ2n) is 8.86.